The number of rotatable bonds is 5. The zero-order valence-electron chi connectivity index (χ0n) is 33.3. The van der Waals surface area contributed by atoms with Crippen molar-refractivity contribution in [2.75, 3.05) is 0 Å². The van der Waals surface area contributed by atoms with Gasteiger partial charge in [-0.3, -0.25) is 0 Å². The molecule has 9 aromatic carbocycles. The predicted molar refractivity (Wildman–Crippen MR) is 247 cm³/mol. The van der Waals surface area contributed by atoms with Gasteiger partial charge in [0.15, 0.2) is 17.5 Å². The minimum atomic E-state index is -0.724. The molecule has 0 radical (unpaired) electrons. The molecule has 0 bridgehead atoms. The number of hydrogen-bond acceptors (Lipinski definition) is 5. The van der Waals surface area contributed by atoms with Crippen LogP contribution in [-0.2, 0) is 5.41 Å². The van der Waals surface area contributed by atoms with Crippen molar-refractivity contribution in [2.24, 2.45) is 0 Å². The van der Waals surface area contributed by atoms with Gasteiger partial charge in [-0.1, -0.05) is 164 Å². The maximum absolute atomic E-state index is 9.46. The van der Waals surface area contributed by atoms with E-state index < -0.39 is 5.41 Å². The van der Waals surface area contributed by atoms with Gasteiger partial charge in [0.1, 0.15) is 11.5 Å². The topological polar surface area (TPSA) is 71.7 Å². The lowest BCUT2D eigenvalue weighted by Gasteiger charge is -2.39. The van der Waals surface area contributed by atoms with Gasteiger partial charge in [-0.25, -0.2) is 15.0 Å². The molecule has 62 heavy (non-hydrogen) atoms. The van der Waals surface area contributed by atoms with Crippen LogP contribution in [0.3, 0.4) is 0 Å². The Morgan fingerprint density at radius 1 is 0.355 bits per heavy atom. The van der Waals surface area contributed by atoms with E-state index in [1.165, 1.54) is 22.3 Å². The fourth-order valence-electron chi connectivity index (χ4n) is 9.67. The van der Waals surface area contributed by atoms with Crippen molar-refractivity contribution < 1.29 is 4.74 Å². The van der Waals surface area contributed by atoms with Crippen molar-refractivity contribution in [3.63, 3.8) is 0 Å². The minimum absolute atomic E-state index is 0.587. The quantitative estimate of drug-likeness (QED) is 0.174. The highest BCUT2D eigenvalue weighted by molar-refractivity contribution is 6.05. The first-order valence-electron chi connectivity index (χ1n) is 20.7. The lowest BCUT2D eigenvalue weighted by atomic mass is 9.65. The van der Waals surface area contributed by atoms with E-state index in [9.17, 15) is 5.26 Å². The second-order valence-electron chi connectivity index (χ2n) is 15.8. The van der Waals surface area contributed by atoms with E-state index in [1.807, 2.05) is 91.0 Å². The molecule has 0 amide bonds. The number of hydrogen-bond donors (Lipinski definition) is 0. The van der Waals surface area contributed by atoms with Gasteiger partial charge in [-0.05, 0) is 97.7 Å². The van der Waals surface area contributed by atoms with E-state index in [1.54, 1.807) is 0 Å². The molecule has 12 rings (SSSR count). The molecule has 1 atom stereocenters. The third-order valence-electron chi connectivity index (χ3n) is 12.5. The van der Waals surface area contributed by atoms with Crippen molar-refractivity contribution in [1.82, 2.24) is 15.0 Å². The number of aromatic nitrogens is 3. The average Bonchev–Trinajstić information content (AvgIpc) is 3.64. The number of nitriles is 1. The van der Waals surface area contributed by atoms with Gasteiger partial charge in [-0.2, -0.15) is 5.26 Å². The second-order valence-corrected chi connectivity index (χ2v) is 15.8. The first-order valence-corrected chi connectivity index (χ1v) is 20.7. The lowest BCUT2D eigenvalue weighted by Crippen LogP contribution is -2.32. The van der Waals surface area contributed by atoms with Gasteiger partial charge in [-0.15, -0.1) is 0 Å². The first-order chi connectivity index (χ1) is 30.7. The van der Waals surface area contributed by atoms with E-state index in [4.69, 9.17) is 19.7 Å². The van der Waals surface area contributed by atoms with Crippen LogP contribution in [0.4, 0.5) is 0 Å². The molecule has 10 aromatic rings. The molecule has 1 aromatic heterocycles. The van der Waals surface area contributed by atoms with Crippen LogP contribution in [0.2, 0.25) is 0 Å². The summed E-state index contributed by atoms with van der Waals surface area (Å²) in [5.41, 5.74) is 14.0. The SMILES string of the molecule is N#Cc1ccc(-c2ccc(-c3ccc4c(c3)C3(c5ccccc5Oc5ccc(-c6nc(-c7ccccc7)nc(-c7ccccc7)n6)cc53)c3ccccc3-4)c3ccccc23)cc1. The maximum atomic E-state index is 9.46. The fraction of sp³-hybridized carbons (Fsp3) is 0.0175. The molecule has 1 unspecified atom stereocenters. The first kappa shape index (κ1) is 35.5. The molecular weight excluding hydrogens is 757 g/mol. The van der Waals surface area contributed by atoms with Crippen LogP contribution < -0.4 is 4.74 Å². The van der Waals surface area contributed by atoms with Gasteiger partial charge in [0.05, 0.1) is 17.0 Å². The van der Waals surface area contributed by atoms with Gasteiger partial charge in [0, 0.05) is 27.8 Å². The summed E-state index contributed by atoms with van der Waals surface area (Å²) in [5.74, 6) is 3.43. The normalized spacial score (nSPS) is 14.3. The number of ether oxygens (including phenoxy) is 1. The molecule has 0 N–H and O–H groups in total. The zero-order chi connectivity index (χ0) is 41.2. The van der Waals surface area contributed by atoms with Crippen LogP contribution in [0, 0.1) is 11.3 Å². The van der Waals surface area contributed by atoms with Crippen molar-refractivity contribution in [3.05, 3.63) is 234 Å². The Labute approximate surface area is 358 Å². The molecule has 0 fully saturated rings. The van der Waals surface area contributed by atoms with Gasteiger partial charge in [0.2, 0.25) is 0 Å². The monoisotopic (exact) mass is 790 g/mol. The molecule has 2 aliphatic rings. The van der Waals surface area contributed by atoms with E-state index in [2.05, 4.69) is 121 Å². The Morgan fingerprint density at radius 3 is 1.52 bits per heavy atom. The summed E-state index contributed by atoms with van der Waals surface area (Å²) in [6, 6.07) is 74.0. The summed E-state index contributed by atoms with van der Waals surface area (Å²) in [7, 11) is 0. The van der Waals surface area contributed by atoms with E-state index >= 15 is 0 Å². The van der Waals surface area contributed by atoms with Crippen molar-refractivity contribution in [2.45, 2.75) is 5.41 Å². The van der Waals surface area contributed by atoms with Gasteiger partial charge < -0.3 is 4.74 Å². The van der Waals surface area contributed by atoms with Crippen LogP contribution in [-0.4, -0.2) is 15.0 Å². The number of para-hydroxylation sites is 1. The summed E-state index contributed by atoms with van der Waals surface area (Å²) in [4.78, 5) is 15.3. The second kappa shape index (κ2) is 14.1. The van der Waals surface area contributed by atoms with Crippen molar-refractivity contribution >= 4 is 10.8 Å². The predicted octanol–water partition coefficient (Wildman–Crippen LogP) is 13.7. The third kappa shape index (κ3) is 5.44. The molecule has 5 nitrogen and oxygen atoms in total. The van der Waals surface area contributed by atoms with E-state index in [0.717, 1.165) is 72.3 Å². The van der Waals surface area contributed by atoms with Crippen LogP contribution >= 0.6 is 0 Å². The summed E-state index contributed by atoms with van der Waals surface area (Å²) < 4.78 is 6.84. The molecule has 1 spiro atoms. The van der Waals surface area contributed by atoms with Crippen molar-refractivity contribution in [1.29, 1.82) is 5.26 Å². The minimum Gasteiger partial charge on any atom is -0.457 e. The molecule has 2 heterocycles. The highest BCUT2D eigenvalue weighted by Crippen LogP contribution is 2.63. The molecule has 0 saturated carbocycles. The summed E-state index contributed by atoms with van der Waals surface area (Å²) in [6.07, 6.45) is 0. The largest absolute Gasteiger partial charge is 0.457 e. The van der Waals surface area contributed by atoms with E-state index in [0.29, 0.717) is 23.0 Å². The van der Waals surface area contributed by atoms with Crippen LogP contribution in [0.1, 0.15) is 27.8 Å². The summed E-state index contributed by atoms with van der Waals surface area (Å²) in [6.45, 7) is 0. The summed E-state index contributed by atoms with van der Waals surface area (Å²) >= 11 is 0. The fourth-order valence-corrected chi connectivity index (χ4v) is 9.67. The molecule has 1 aliphatic heterocycles. The molecule has 5 heteroatoms. The molecular formula is C57H34N4O. The smallest absolute Gasteiger partial charge is 0.164 e. The Morgan fingerprint density at radius 2 is 0.839 bits per heavy atom. The third-order valence-corrected chi connectivity index (χ3v) is 12.5. The molecule has 0 saturated heterocycles. The van der Waals surface area contributed by atoms with Crippen LogP contribution in [0.15, 0.2) is 206 Å². The highest BCUT2D eigenvalue weighted by Gasteiger charge is 2.51. The average molecular weight is 791 g/mol. The summed E-state index contributed by atoms with van der Waals surface area (Å²) in [5, 5.41) is 11.8. The van der Waals surface area contributed by atoms with Crippen LogP contribution in [0.5, 0.6) is 11.5 Å². The van der Waals surface area contributed by atoms with E-state index in [-0.39, 0.29) is 0 Å². The van der Waals surface area contributed by atoms with Crippen molar-refractivity contribution in [3.8, 4) is 85.1 Å². The lowest BCUT2D eigenvalue weighted by molar-refractivity contribution is 0.436. The Hall–Kier alpha value is -8.46. The maximum Gasteiger partial charge on any atom is 0.164 e. The highest BCUT2D eigenvalue weighted by atomic mass is 16.5. The van der Waals surface area contributed by atoms with Crippen LogP contribution in [0.25, 0.3) is 78.3 Å². The molecule has 1 aliphatic carbocycles. The van der Waals surface area contributed by atoms with Gasteiger partial charge >= 0.3 is 0 Å². The number of benzene rings is 9. The van der Waals surface area contributed by atoms with Gasteiger partial charge in [0.25, 0.3) is 0 Å². The molecule has 288 valence electrons. The number of nitrogens with zero attached hydrogens (tertiary/aromatic N) is 4. The Bertz CT molecular complexity index is 3390. The Kier molecular flexibility index (Phi) is 8.06. The zero-order valence-corrected chi connectivity index (χ0v) is 33.3. The standard InChI is InChI=1S/C57H34N4O/c58-35-36-23-25-37(26-24-36)42-30-31-43(45-18-8-7-17-44(42)45)40-27-29-47-46-19-9-10-20-48(46)57(50(47)33-40)49-21-11-12-22-52(49)62-53-32-28-41(34-51(53)57)56-60-54(38-13-3-1-4-14-38)59-55(61-56)39-15-5-2-6-16-39/h1-34H. The number of fused-ring (bicyclic) bond motifs is 10. The Balaban J connectivity index is 1.09.